The van der Waals surface area contributed by atoms with Gasteiger partial charge in [-0.15, -0.1) is 0 Å². The normalized spacial score (nSPS) is 15.1. The molecular formula is C25H25FN2O3. The second kappa shape index (κ2) is 9.08. The topological polar surface area (TPSA) is 50.8 Å². The monoisotopic (exact) mass is 420 g/mol. The van der Waals surface area contributed by atoms with E-state index in [1.54, 1.807) is 25.3 Å². The van der Waals surface area contributed by atoms with E-state index >= 15 is 0 Å². The summed E-state index contributed by atoms with van der Waals surface area (Å²) >= 11 is 0. The van der Waals surface area contributed by atoms with Crippen molar-refractivity contribution in [2.45, 2.75) is 25.9 Å². The lowest BCUT2D eigenvalue weighted by atomic mass is 10.0. The maximum Gasteiger partial charge on any atom is 0.226 e. The molecule has 1 aliphatic rings. The molecule has 6 heteroatoms. The number of aryl methyl sites for hydroxylation is 1. The molecule has 0 fully saturated rings. The molecule has 4 rings (SSSR count). The highest BCUT2D eigenvalue weighted by Crippen LogP contribution is 2.36. The first kappa shape index (κ1) is 20.7. The summed E-state index contributed by atoms with van der Waals surface area (Å²) in [6.45, 7) is 2.95. The number of hydrogen-bond acceptors (Lipinski definition) is 4. The number of fused-ring (bicyclic) bond motifs is 1. The van der Waals surface area contributed by atoms with Crippen molar-refractivity contribution in [1.29, 1.82) is 0 Å². The van der Waals surface area contributed by atoms with Gasteiger partial charge in [0, 0.05) is 6.54 Å². The van der Waals surface area contributed by atoms with E-state index in [0.717, 1.165) is 22.6 Å². The lowest BCUT2D eigenvalue weighted by Gasteiger charge is -2.38. The molecular weight excluding hydrogens is 395 g/mol. The fourth-order valence-corrected chi connectivity index (χ4v) is 3.78. The van der Waals surface area contributed by atoms with E-state index < -0.39 is 0 Å². The highest BCUT2D eigenvalue weighted by molar-refractivity contribution is 5.93. The maximum atomic E-state index is 13.4. The number of methoxy groups -OCH3 is 1. The molecule has 0 aliphatic carbocycles. The smallest absolute Gasteiger partial charge is 0.226 e. The van der Waals surface area contributed by atoms with Gasteiger partial charge in [0.25, 0.3) is 0 Å². The third-order valence-corrected chi connectivity index (χ3v) is 5.36. The zero-order chi connectivity index (χ0) is 21.8. The van der Waals surface area contributed by atoms with Gasteiger partial charge in [0.1, 0.15) is 23.9 Å². The van der Waals surface area contributed by atoms with Crippen LogP contribution in [0.3, 0.4) is 0 Å². The van der Waals surface area contributed by atoms with E-state index in [-0.39, 0.29) is 24.2 Å². The van der Waals surface area contributed by atoms with Crippen LogP contribution in [0.15, 0.2) is 66.7 Å². The first-order chi connectivity index (χ1) is 15.0. The predicted molar refractivity (Wildman–Crippen MR) is 119 cm³/mol. The van der Waals surface area contributed by atoms with Crippen molar-refractivity contribution in [3.8, 4) is 11.5 Å². The average molecular weight is 420 g/mol. The molecule has 0 saturated carbocycles. The van der Waals surface area contributed by atoms with Crippen molar-refractivity contribution in [3.05, 3.63) is 83.7 Å². The Labute approximate surface area is 181 Å². The number of nitrogens with one attached hydrogen (secondary N) is 1. The summed E-state index contributed by atoms with van der Waals surface area (Å²) in [4.78, 5) is 15.0. The molecule has 0 unspecified atom stereocenters. The largest absolute Gasteiger partial charge is 0.495 e. The van der Waals surface area contributed by atoms with Crippen LogP contribution in [-0.2, 0) is 11.3 Å². The molecule has 1 atom stereocenters. The SMILES string of the molecule is COc1ccccc1NC(=O)C[C@@H]1COc2cc(C)ccc2N1Cc1ccc(F)cc1. The molecule has 3 aromatic carbocycles. The van der Waals surface area contributed by atoms with Crippen LogP contribution in [-0.4, -0.2) is 25.7 Å². The van der Waals surface area contributed by atoms with Crippen LogP contribution in [0.2, 0.25) is 0 Å². The zero-order valence-electron chi connectivity index (χ0n) is 17.6. The van der Waals surface area contributed by atoms with E-state index in [0.29, 0.717) is 24.6 Å². The first-order valence-corrected chi connectivity index (χ1v) is 10.2. The first-order valence-electron chi connectivity index (χ1n) is 10.2. The molecule has 1 N–H and O–H groups in total. The zero-order valence-corrected chi connectivity index (χ0v) is 17.6. The molecule has 0 aromatic heterocycles. The van der Waals surface area contributed by atoms with Crippen LogP contribution in [0.25, 0.3) is 0 Å². The Morgan fingerprint density at radius 2 is 1.94 bits per heavy atom. The van der Waals surface area contributed by atoms with Crippen molar-refractivity contribution in [1.82, 2.24) is 0 Å². The summed E-state index contributed by atoms with van der Waals surface area (Å²) in [5.74, 6) is 1.01. The molecule has 1 aliphatic heterocycles. The summed E-state index contributed by atoms with van der Waals surface area (Å²) in [5, 5.41) is 2.94. The highest BCUT2D eigenvalue weighted by atomic mass is 19.1. The third-order valence-electron chi connectivity index (χ3n) is 5.36. The number of benzene rings is 3. The number of hydrogen-bond donors (Lipinski definition) is 1. The van der Waals surface area contributed by atoms with E-state index in [1.165, 1.54) is 12.1 Å². The number of carbonyl (C=O) groups excluding carboxylic acids is 1. The van der Waals surface area contributed by atoms with Crippen LogP contribution < -0.4 is 19.7 Å². The summed E-state index contributed by atoms with van der Waals surface area (Å²) in [6.07, 6.45) is 0.243. The number of nitrogens with zero attached hydrogens (tertiary/aromatic N) is 1. The molecule has 0 saturated heterocycles. The second-order valence-corrected chi connectivity index (χ2v) is 7.64. The molecule has 31 heavy (non-hydrogen) atoms. The van der Waals surface area contributed by atoms with Gasteiger partial charge in [0.05, 0.1) is 30.9 Å². The van der Waals surface area contributed by atoms with Gasteiger partial charge in [-0.3, -0.25) is 4.79 Å². The van der Waals surface area contributed by atoms with Crippen LogP contribution >= 0.6 is 0 Å². The maximum absolute atomic E-state index is 13.4. The van der Waals surface area contributed by atoms with Gasteiger partial charge < -0.3 is 19.7 Å². The van der Waals surface area contributed by atoms with Crippen LogP contribution in [0.1, 0.15) is 17.5 Å². The average Bonchev–Trinajstić information content (AvgIpc) is 2.77. The Kier molecular flexibility index (Phi) is 6.07. The number of halogens is 1. The van der Waals surface area contributed by atoms with Gasteiger partial charge in [-0.1, -0.05) is 30.3 Å². The minimum Gasteiger partial charge on any atom is -0.495 e. The van der Waals surface area contributed by atoms with E-state index in [2.05, 4.69) is 10.2 Å². The minimum atomic E-state index is -0.269. The summed E-state index contributed by atoms with van der Waals surface area (Å²) < 4.78 is 24.7. The molecule has 0 bridgehead atoms. The summed E-state index contributed by atoms with van der Waals surface area (Å²) in [7, 11) is 1.57. The van der Waals surface area contributed by atoms with Gasteiger partial charge in [-0.2, -0.15) is 0 Å². The Bertz CT molecular complexity index is 1070. The van der Waals surface area contributed by atoms with E-state index in [1.807, 2.05) is 43.3 Å². The van der Waals surface area contributed by atoms with Crippen molar-refractivity contribution in [2.75, 3.05) is 23.9 Å². The molecule has 0 radical (unpaired) electrons. The number of carbonyl (C=O) groups is 1. The summed E-state index contributed by atoms with van der Waals surface area (Å²) in [6, 6.07) is 19.6. The van der Waals surface area contributed by atoms with Gasteiger partial charge in [0.15, 0.2) is 0 Å². The fraction of sp³-hybridized carbons (Fsp3) is 0.240. The predicted octanol–water partition coefficient (Wildman–Crippen LogP) is 4.94. The summed E-state index contributed by atoms with van der Waals surface area (Å²) in [5.41, 5.74) is 3.63. The van der Waals surface area contributed by atoms with Gasteiger partial charge in [-0.25, -0.2) is 4.39 Å². The number of ether oxygens (including phenoxy) is 2. The lowest BCUT2D eigenvalue weighted by Crippen LogP contribution is -2.44. The standard InChI is InChI=1S/C25H25FN2O3/c1-17-7-12-22-24(13-17)31-16-20(28(22)15-18-8-10-19(26)11-9-18)14-25(29)27-21-5-3-4-6-23(21)30-2/h3-13,20H,14-16H2,1-2H3,(H,27,29)/t20-/m1/s1. The van der Waals surface area contributed by atoms with Crippen molar-refractivity contribution in [2.24, 2.45) is 0 Å². The van der Waals surface area contributed by atoms with Gasteiger partial charge >= 0.3 is 0 Å². The van der Waals surface area contributed by atoms with Crippen molar-refractivity contribution < 1.29 is 18.7 Å². The Balaban J connectivity index is 1.56. The molecule has 1 heterocycles. The van der Waals surface area contributed by atoms with Gasteiger partial charge in [0.2, 0.25) is 5.91 Å². The van der Waals surface area contributed by atoms with Crippen LogP contribution in [0.5, 0.6) is 11.5 Å². The number of rotatable bonds is 6. The van der Waals surface area contributed by atoms with Crippen LogP contribution in [0, 0.1) is 12.7 Å². The Morgan fingerprint density at radius 1 is 1.16 bits per heavy atom. The molecule has 1 amide bonds. The molecule has 160 valence electrons. The fourth-order valence-electron chi connectivity index (χ4n) is 3.78. The number of amides is 1. The molecule has 3 aromatic rings. The minimum absolute atomic E-state index is 0.127. The van der Waals surface area contributed by atoms with Crippen molar-refractivity contribution >= 4 is 17.3 Å². The lowest BCUT2D eigenvalue weighted by molar-refractivity contribution is -0.116. The molecule has 5 nitrogen and oxygen atoms in total. The van der Waals surface area contributed by atoms with E-state index in [9.17, 15) is 9.18 Å². The number of para-hydroxylation sites is 2. The van der Waals surface area contributed by atoms with Crippen LogP contribution in [0.4, 0.5) is 15.8 Å². The second-order valence-electron chi connectivity index (χ2n) is 7.64. The Hall–Kier alpha value is -3.54. The molecule has 0 spiro atoms. The quantitative estimate of drug-likeness (QED) is 0.614. The van der Waals surface area contributed by atoms with Crippen molar-refractivity contribution in [3.63, 3.8) is 0 Å². The van der Waals surface area contributed by atoms with Gasteiger partial charge in [-0.05, 0) is 54.4 Å². The Morgan fingerprint density at radius 3 is 2.71 bits per heavy atom. The number of anilines is 2. The van der Waals surface area contributed by atoms with E-state index in [4.69, 9.17) is 9.47 Å². The highest BCUT2D eigenvalue weighted by Gasteiger charge is 2.30. The third kappa shape index (κ3) is 4.79.